The van der Waals surface area contributed by atoms with Crippen LogP contribution in [0.5, 0.6) is 0 Å². The summed E-state index contributed by atoms with van der Waals surface area (Å²) in [5.41, 5.74) is -0.681. The van der Waals surface area contributed by atoms with Crippen molar-refractivity contribution in [3.05, 3.63) is 34.4 Å². The van der Waals surface area contributed by atoms with E-state index >= 15 is 0 Å². The minimum Gasteiger partial charge on any atom is -0.431 e. The van der Waals surface area contributed by atoms with Gasteiger partial charge >= 0.3 is 5.63 Å². The number of hydrogen-bond acceptors (Lipinski definition) is 5. The van der Waals surface area contributed by atoms with Gasteiger partial charge in [-0.3, -0.25) is 0 Å². The maximum absolute atomic E-state index is 12.2. The summed E-state index contributed by atoms with van der Waals surface area (Å²) in [4.78, 5) is 11.4. The van der Waals surface area contributed by atoms with Crippen molar-refractivity contribution in [3.63, 3.8) is 0 Å². The molecule has 0 radical (unpaired) electrons. The van der Waals surface area contributed by atoms with Crippen molar-refractivity contribution in [2.24, 2.45) is 28.6 Å². The first-order chi connectivity index (χ1) is 13.7. The van der Waals surface area contributed by atoms with Crippen molar-refractivity contribution >= 4 is 0 Å². The highest BCUT2D eigenvalue weighted by atomic mass is 16.4. The van der Waals surface area contributed by atoms with Crippen molar-refractivity contribution < 1.29 is 19.7 Å². The second kappa shape index (κ2) is 6.41. The highest BCUT2D eigenvalue weighted by Crippen LogP contribution is 2.70. The molecule has 0 saturated heterocycles. The Labute approximate surface area is 172 Å². The maximum Gasteiger partial charge on any atom is 0.335 e. The summed E-state index contributed by atoms with van der Waals surface area (Å²) in [6.45, 7) is 4.43. The van der Waals surface area contributed by atoms with Crippen LogP contribution in [0.25, 0.3) is 0 Å². The first-order valence-corrected chi connectivity index (χ1v) is 11.4. The molecule has 0 amide bonds. The van der Waals surface area contributed by atoms with Gasteiger partial charge in [-0.2, -0.15) is 0 Å². The molecular formula is C24H34O5. The maximum atomic E-state index is 12.2. The van der Waals surface area contributed by atoms with Gasteiger partial charge in [0.25, 0.3) is 0 Å². The van der Waals surface area contributed by atoms with Gasteiger partial charge in [-0.05, 0) is 92.1 Å². The Bertz CT molecular complexity index is 829. The van der Waals surface area contributed by atoms with Gasteiger partial charge in [0.15, 0.2) is 0 Å². The van der Waals surface area contributed by atoms with Crippen LogP contribution in [0.3, 0.4) is 0 Å². The third-order valence-corrected chi connectivity index (χ3v) is 9.89. The molecule has 9 atom stereocenters. The first-order valence-electron chi connectivity index (χ1n) is 11.4. The average Bonchev–Trinajstić information content (AvgIpc) is 2.94. The van der Waals surface area contributed by atoms with Gasteiger partial charge < -0.3 is 19.7 Å². The van der Waals surface area contributed by atoms with Crippen LogP contribution in [0.4, 0.5) is 0 Å². The number of rotatable bonds is 1. The third kappa shape index (κ3) is 2.60. The van der Waals surface area contributed by atoms with Crippen LogP contribution >= 0.6 is 0 Å². The Morgan fingerprint density at radius 2 is 1.86 bits per heavy atom. The standard InChI is InChI=1S/C24H34O5/c1-22-9-7-16(25)11-15(22)4-5-18-21(22)19(26)12-23(2)17(8-10-24(18,23)28)14-3-6-20(27)29-13-14/h3,6,13,15-19,21,25-26,28H,4-5,7-12H2,1-2H3/t15-,16-,17+,18-,19-,21-,22-,23-,24-/m0/s1. The summed E-state index contributed by atoms with van der Waals surface area (Å²) in [7, 11) is 0. The predicted octanol–water partition coefficient (Wildman–Crippen LogP) is 3.21. The predicted molar refractivity (Wildman–Crippen MR) is 108 cm³/mol. The van der Waals surface area contributed by atoms with E-state index in [1.54, 1.807) is 6.26 Å². The second-order valence-corrected chi connectivity index (χ2v) is 10.9. The molecule has 5 heteroatoms. The molecule has 4 aliphatic rings. The fourth-order valence-electron chi connectivity index (χ4n) is 8.41. The first kappa shape index (κ1) is 19.8. The quantitative estimate of drug-likeness (QED) is 0.671. The SMILES string of the molecule is C[C@]12CC[C@H](O)C[C@@H]1CC[C@H]1[C@H]2[C@@H](O)C[C@@]2(C)[C@@H](c3ccc(=O)oc3)CC[C@]12O. The van der Waals surface area contributed by atoms with E-state index in [9.17, 15) is 20.1 Å². The lowest BCUT2D eigenvalue weighted by Gasteiger charge is -2.65. The molecule has 1 aromatic rings. The van der Waals surface area contributed by atoms with Gasteiger partial charge in [-0.25, -0.2) is 4.79 Å². The minimum atomic E-state index is -0.818. The molecule has 4 fully saturated rings. The molecule has 3 N–H and O–H groups in total. The van der Waals surface area contributed by atoms with Gasteiger partial charge in [0.1, 0.15) is 0 Å². The summed E-state index contributed by atoms with van der Waals surface area (Å²) >= 11 is 0. The highest BCUT2D eigenvalue weighted by Gasteiger charge is 2.69. The average molecular weight is 403 g/mol. The van der Waals surface area contributed by atoms with E-state index < -0.39 is 17.1 Å². The molecule has 4 aliphatic carbocycles. The lowest BCUT2D eigenvalue weighted by molar-refractivity contribution is -0.239. The number of aliphatic hydroxyl groups is 3. The van der Waals surface area contributed by atoms with E-state index in [-0.39, 0.29) is 34.9 Å². The van der Waals surface area contributed by atoms with Crippen LogP contribution in [0.1, 0.15) is 76.7 Å². The second-order valence-electron chi connectivity index (χ2n) is 10.9. The van der Waals surface area contributed by atoms with E-state index in [4.69, 9.17) is 4.42 Å². The van der Waals surface area contributed by atoms with Crippen molar-refractivity contribution in [1.29, 1.82) is 0 Å². The number of fused-ring (bicyclic) bond motifs is 5. The van der Waals surface area contributed by atoms with Gasteiger partial charge in [0.05, 0.1) is 24.1 Å². The van der Waals surface area contributed by atoms with Gasteiger partial charge in [-0.1, -0.05) is 13.8 Å². The van der Waals surface area contributed by atoms with Crippen LogP contribution in [-0.2, 0) is 0 Å². The Balaban J connectivity index is 1.52. The third-order valence-electron chi connectivity index (χ3n) is 9.89. The fraction of sp³-hybridized carbons (Fsp3) is 0.792. The lowest BCUT2D eigenvalue weighted by Crippen LogP contribution is -2.66. The summed E-state index contributed by atoms with van der Waals surface area (Å²) < 4.78 is 5.14. The van der Waals surface area contributed by atoms with Crippen molar-refractivity contribution in [2.75, 3.05) is 0 Å². The summed E-state index contributed by atoms with van der Waals surface area (Å²) in [6.07, 6.45) is 7.49. The molecule has 0 aromatic carbocycles. The molecule has 5 nitrogen and oxygen atoms in total. The molecule has 0 spiro atoms. The molecule has 0 aliphatic heterocycles. The molecule has 160 valence electrons. The van der Waals surface area contributed by atoms with E-state index in [0.717, 1.165) is 50.5 Å². The largest absolute Gasteiger partial charge is 0.431 e. The molecule has 29 heavy (non-hydrogen) atoms. The molecular weight excluding hydrogens is 368 g/mol. The summed E-state index contributed by atoms with van der Waals surface area (Å²) in [5.74, 6) is 0.662. The summed E-state index contributed by atoms with van der Waals surface area (Å²) in [5, 5.41) is 33.8. The number of aliphatic hydroxyl groups excluding tert-OH is 2. The highest BCUT2D eigenvalue weighted by molar-refractivity contribution is 5.28. The van der Waals surface area contributed by atoms with Crippen molar-refractivity contribution in [3.8, 4) is 0 Å². The smallest absolute Gasteiger partial charge is 0.335 e. The van der Waals surface area contributed by atoms with E-state index in [1.807, 2.05) is 6.07 Å². The minimum absolute atomic E-state index is 0.0176. The van der Waals surface area contributed by atoms with E-state index in [0.29, 0.717) is 12.3 Å². The fourth-order valence-corrected chi connectivity index (χ4v) is 8.41. The molecule has 4 saturated carbocycles. The Morgan fingerprint density at radius 1 is 1.07 bits per heavy atom. The molecule has 0 unspecified atom stereocenters. The Kier molecular flexibility index (Phi) is 4.37. The van der Waals surface area contributed by atoms with E-state index in [2.05, 4.69) is 13.8 Å². The molecule has 5 rings (SSSR count). The van der Waals surface area contributed by atoms with Crippen LogP contribution in [-0.4, -0.2) is 33.1 Å². The zero-order valence-corrected chi connectivity index (χ0v) is 17.5. The summed E-state index contributed by atoms with van der Waals surface area (Å²) in [6, 6.07) is 3.28. The van der Waals surface area contributed by atoms with Gasteiger partial charge in [-0.15, -0.1) is 0 Å². The Hall–Kier alpha value is -1.17. The molecule has 0 bridgehead atoms. The van der Waals surface area contributed by atoms with Gasteiger partial charge in [0.2, 0.25) is 0 Å². The van der Waals surface area contributed by atoms with Crippen LogP contribution in [0.2, 0.25) is 0 Å². The van der Waals surface area contributed by atoms with E-state index in [1.165, 1.54) is 6.07 Å². The van der Waals surface area contributed by atoms with Crippen LogP contribution in [0.15, 0.2) is 27.6 Å². The zero-order chi connectivity index (χ0) is 20.6. The van der Waals surface area contributed by atoms with Gasteiger partial charge in [0, 0.05) is 11.5 Å². The normalized spacial score (nSPS) is 51.8. The molecule has 1 heterocycles. The van der Waals surface area contributed by atoms with Crippen LogP contribution in [0, 0.1) is 28.6 Å². The van der Waals surface area contributed by atoms with Crippen molar-refractivity contribution in [2.45, 2.75) is 88.9 Å². The lowest BCUT2D eigenvalue weighted by atomic mass is 9.42. The van der Waals surface area contributed by atoms with Crippen LogP contribution < -0.4 is 5.63 Å². The zero-order valence-electron chi connectivity index (χ0n) is 17.5. The monoisotopic (exact) mass is 402 g/mol. The topological polar surface area (TPSA) is 90.9 Å². The van der Waals surface area contributed by atoms with Crippen molar-refractivity contribution in [1.82, 2.24) is 0 Å². The molecule has 1 aromatic heterocycles. The number of hydrogen-bond donors (Lipinski definition) is 3. The Morgan fingerprint density at radius 3 is 2.59 bits per heavy atom.